The summed E-state index contributed by atoms with van der Waals surface area (Å²) in [5.41, 5.74) is 15.0. The van der Waals surface area contributed by atoms with Crippen molar-refractivity contribution in [2.45, 2.75) is 13.1 Å². The van der Waals surface area contributed by atoms with Crippen LogP contribution in [-0.2, 0) is 17.9 Å². The van der Waals surface area contributed by atoms with Gasteiger partial charge in [-0.3, -0.25) is 4.79 Å². The van der Waals surface area contributed by atoms with Gasteiger partial charge in [-0.1, -0.05) is 28.1 Å². The topological polar surface area (TPSA) is 136 Å². The fourth-order valence-corrected chi connectivity index (χ4v) is 2.74. The van der Waals surface area contributed by atoms with Gasteiger partial charge in [0.25, 0.3) is 0 Å². The highest BCUT2D eigenvalue weighted by atomic mass is 79.9. The summed E-state index contributed by atoms with van der Waals surface area (Å²) in [6.07, 6.45) is 1.64. The van der Waals surface area contributed by atoms with E-state index in [2.05, 4.69) is 41.2 Å². The Balaban J connectivity index is 1.76. The van der Waals surface area contributed by atoms with Crippen LogP contribution in [0.5, 0.6) is 0 Å². The number of nitrogens with zero attached hydrogens (tertiary/aromatic N) is 5. The molecule has 0 atom stereocenters. The third kappa shape index (κ3) is 4.59. The van der Waals surface area contributed by atoms with E-state index in [-0.39, 0.29) is 23.0 Å². The number of alkyl halides is 1. The number of hydrogen-bond acceptors (Lipinski definition) is 8. The largest absolute Gasteiger partial charge is 0.382 e. The van der Waals surface area contributed by atoms with Gasteiger partial charge in [0.1, 0.15) is 0 Å². The van der Waals surface area contributed by atoms with E-state index >= 15 is 0 Å². The molecular formula is C17H19BrN8O. The van der Waals surface area contributed by atoms with Crippen LogP contribution in [0, 0.1) is 0 Å². The zero-order valence-corrected chi connectivity index (χ0v) is 16.3. The second-order valence-corrected chi connectivity index (χ2v) is 6.50. The monoisotopic (exact) mass is 430 g/mol. The fraction of sp³-hybridized carbons (Fsp3) is 0.235. The fourth-order valence-electron chi connectivity index (χ4n) is 2.54. The minimum Gasteiger partial charge on any atom is -0.382 e. The van der Waals surface area contributed by atoms with Gasteiger partial charge in [-0.05, 0) is 17.7 Å². The molecule has 10 heteroatoms. The number of halogens is 1. The summed E-state index contributed by atoms with van der Waals surface area (Å²) >= 11 is 3.13. The molecule has 27 heavy (non-hydrogen) atoms. The molecule has 1 aromatic carbocycles. The highest BCUT2D eigenvalue weighted by Crippen LogP contribution is 2.19. The lowest BCUT2D eigenvalue weighted by Crippen LogP contribution is -2.24. The van der Waals surface area contributed by atoms with Crippen molar-refractivity contribution in [1.82, 2.24) is 25.3 Å². The Hall–Kier alpha value is -3.01. The molecule has 5 N–H and O–H groups in total. The number of rotatable bonds is 6. The first-order chi connectivity index (χ1) is 13.0. The number of carbonyl (C=O) groups excluding carboxylic acids is 1. The van der Waals surface area contributed by atoms with Crippen LogP contribution < -0.4 is 21.7 Å². The minimum absolute atomic E-state index is 0.0550. The van der Waals surface area contributed by atoms with Crippen LogP contribution in [0.15, 0.2) is 30.5 Å². The Morgan fingerprint density at radius 1 is 1.26 bits per heavy atom. The molecule has 0 spiro atoms. The molecule has 3 aromatic rings. The molecular weight excluding hydrogens is 412 g/mol. The van der Waals surface area contributed by atoms with E-state index in [1.165, 1.54) is 0 Å². The molecule has 0 saturated carbocycles. The predicted molar refractivity (Wildman–Crippen MR) is 108 cm³/mol. The maximum Gasteiger partial charge on any atom is 0.230 e. The Bertz CT molecular complexity index is 980. The third-order valence-corrected chi connectivity index (χ3v) is 4.37. The molecule has 1 amide bonds. The van der Waals surface area contributed by atoms with Gasteiger partial charge >= 0.3 is 0 Å². The Labute approximate surface area is 164 Å². The molecule has 0 saturated heterocycles. The molecule has 3 rings (SSSR count). The number of carbonyl (C=O) groups is 1. The van der Waals surface area contributed by atoms with Crippen molar-refractivity contribution in [3.8, 4) is 0 Å². The second-order valence-electron chi connectivity index (χ2n) is 5.94. The predicted octanol–water partition coefficient (Wildman–Crippen LogP) is 1.23. The van der Waals surface area contributed by atoms with Crippen LogP contribution in [0.4, 0.5) is 17.5 Å². The van der Waals surface area contributed by atoms with Crippen LogP contribution in [0.25, 0.3) is 11.2 Å². The van der Waals surface area contributed by atoms with Gasteiger partial charge < -0.3 is 21.7 Å². The Kier molecular flexibility index (Phi) is 5.65. The quantitative estimate of drug-likeness (QED) is 0.496. The zero-order chi connectivity index (χ0) is 19.4. The average molecular weight is 431 g/mol. The van der Waals surface area contributed by atoms with Gasteiger partial charge in [-0.25, -0.2) is 9.97 Å². The van der Waals surface area contributed by atoms with Crippen molar-refractivity contribution in [2.24, 2.45) is 0 Å². The summed E-state index contributed by atoms with van der Waals surface area (Å²) in [5.74, 6) is 0.225. The maximum atomic E-state index is 11.4. The third-order valence-electron chi connectivity index (χ3n) is 3.86. The van der Waals surface area contributed by atoms with E-state index in [1.54, 1.807) is 6.20 Å². The van der Waals surface area contributed by atoms with Crippen molar-refractivity contribution in [3.63, 3.8) is 0 Å². The second kappa shape index (κ2) is 8.12. The molecule has 0 aliphatic carbocycles. The van der Waals surface area contributed by atoms with Gasteiger partial charge in [0, 0.05) is 19.3 Å². The van der Waals surface area contributed by atoms with Crippen LogP contribution in [0.2, 0.25) is 0 Å². The van der Waals surface area contributed by atoms with Gasteiger partial charge in [0.2, 0.25) is 11.9 Å². The molecule has 9 nitrogen and oxygen atoms in total. The molecule has 0 fully saturated rings. The summed E-state index contributed by atoms with van der Waals surface area (Å²) < 4.78 is 0. The van der Waals surface area contributed by atoms with Gasteiger partial charge in [-0.2, -0.15) is 9.97 Å². The number of aromatic nitrogens is 4. The van der Waals surface area contributed by atoms with Gasteiger partial charge in [-0.15, -0.1) is 0 Å². The molecule has 0 radical (unpaired) electrons. The van der Waals surface area contributed by atoms with E-state index in [1.807, 2.05) is 36.2 Å². The standard InChI is InChI=1S/C17H19BrN8O/c1-26(12-4-2-3-10(5-12)7-21-13(27)6-18)9-11-8-22-16-14(23-11)15(19)24-17(20)25-16/h2-5,8H,6-7,9H2,1H3,(H,21,27)(H4,19,20,22,24,25). The van der Waals surface area contributed by atoms with E-state index in [0.29, 0.717) is 24.3 Å². The molecule has 2 aromatic heterocycles. The van der Waals surface area contributed by atoms with Crippen molar-refractivity contribution < 1.29 is 4.79 Å². The summed E-state index contributed by atoms with van der Waals surface area (Å²) in [6.45, 7) is 0.987. The van der Waals surface area contributed by atoms with E-state index in [4.69, 9.17) is 11.5 Å². The Morgan fingerprint density at radius 3 is 2.85 bits per heavy atom. The van der Waals surface area contributed by atoms with Crippen molar-refractivity contribution >= 4 is 50.5 Å². The summed E-state index contributed by atoms with van der Waals surface area (Å²) in [5, 5.41) is 3.11. The SMILES string of the molecule is CN(Cc1cnc2nc(N)nc(N)c2n1)c1cccc(CNC(=O)CBr)c1. The van der Waals surface area contributed by atoms with E-state index in [9.17, 15) is 4.79 Å². The van der Waals surface area contributed by atoms with Crippen molar-refractivity contribution in [2.75, 3.05) is 28.7 Å². The number of amides is 1. The number of nitrogens with one attached hydrogen (secondary N) is 1. The van der Waals surface area contributed by atoms with E-state index in [0.717, 1.165) is 16.9 Å². The maximum absolute atomic E-state index is 11.4. The smallest absolute Gasteiger partial charge is 0.230 e. The first kappa shape index (κ1) is 18.8. The van der Waals surface area contributed by atoms with Crippen LogP contribution in [-0.4, -0.2) is 38.2 Å². The van der Waals surface area contributed by atoms with Crippen LogP contribution in [0.3, 0.4) is 0 Å². The first-order valence-corrected chi connectivity index (χ1v) is 9.25. The number of anilines is 3. The normalized spacial score (nSPS) is 10.7. The van der Waals surface area contributed by atoms with Crippen LogP contribution in [0.1, 0.15) is 11.3 Å². The molecule has 0 aliphatic heterocycles. The van der Waals surface area contributed by atoms with Gasteiger partial charge in [0.05, 0.1) is 23.8 Å². The molecule has 0 aliphatic rings. The lowest BCUT2D eigenvalue weighted by atomic mass is 10.2. The highest BCUT2D eigenvalue weighted by Gasteiger charge is 2.10. The number of nitrogen functional groups attached to an aromatic ring is 2. The molecule has 0 bridgehead atoms. The first-order valence-electron chi connectivity index (χ1n) is 8.13. The minimum atomic E-state index is -0.0550. The number of fused-ring (bicyclic) bond motifs is 1. The number of benzene rings is 1. The average Bonchev–Trinajstić information content (AvgIpc) is 2.66. The summed E-state index contributed by atoms with van der Waals surface area (Å²) in [6, 6.07) is 7.91. The summed E-state index contributed by atoms with van der Waals surface area (Å²) in [4.78, 5) is 30.1. The molecule has 0 unspecified atom stereocenters. The number of nitrogens with two attached hydrogens (primary N) is 2. The molecule has 140 valence electrons. The van der Waals surface area contributed by atoms with Crippen LogP contribution >= 0.6 is 15.9 Å². The van der Waals surface area contributed by atoms with Gasteiger partial charge in [0.15, 0.2) is 17.0 Å². The Morgan fingerprint density at radius 2 is 2.07 bits per heavy atom. The lowest BCUT2D eigenvalue weighted by Gasteiger charge is -2.20. The van der Waals surface area contributed by atoms with Crippen molar-refractivity contribution in [3.05, 3.63) is 41.7 Å². The zero-order valence-electron chi connectivity index (χ0n) is 14.7. The van der Waals surface area contributed by atoms with Crippen molar-refractivity contribution in [1.29, 1.82) is 0 Å². The molecule has 2 heterocycles. The lowest BCUT2D eigenvalue weighted by molar-refractivity contribution is -0.118. The number of hydrogen-bond donors (Lipinski definition) is 3. The summed E-state index contributed by atoms with van der Waals surface area (Å²) in [7, 11) is 1.95. The highest BCUT2D eigenvalue weighted by molar-refractivity contribution is 9.09. The van der Waals surface area contributed by atoms with E-state index < -0.39 is 0 Å².